The first-order chi connectivity index (χ1) is 13.1. The number of nitro benzene ring substituents is 1. The van der Waals surface area contributed by atoms with Crippen LogP contribution in [-0.4, -0.2) is 28.6 Å². The molecule has 2 rings (SSSR count). The van der Waals surface area contributed by atoms with E-state index in [9.17, 15) is 19.7 Å². The molecular formula is C20H23N3O5. The van der Waals surface area contributed by atoms with Gasteiger partial charge in [-0.3, -0.25) is 10.1 Å². The predicted octanol–water partition coefficient (Wildman–Crippen LogP) is 3.67. The second kappa shape index (κ2) is 8.98. The number of non-ortho nitro benzene ring substituents is 1. The third kappa shape index (κ3) is 6.71. The Morgan fingerprint density at radius 3 is 2.21 bits per heavy atom. The molecule has 2 aromatic rings. The zero-order valence-corrected chi connectivity index (χ0v) is 16.0. The fourth-order valence-electron chi connectivity index (χ4n) is 2.41. The van der Waals surface area contributed by atoms with E-state index in [2.05, 4.69) is 10.6 Å². The minimum absolute atomic E-state index is 0.0818. The number of urea groups is 1. The maximum absolute atomic E-state index is 12.5. The molecule has 0 saturated heterocycles. The van der Waals surface area contributed by atoms with Gasteiger partial charge in [0.2, 0.25) is 0 Å². The summed E-state index contributed by atoms with van der Waals surface area (Å²) in [4.78, 5) is 35.0. The molecule has 0 aromatic heterocycles. The van der Waals surface area contributed by atoms with E-state index in [1.54, 1.807) is 20.8 Å². The van der Waals surface area contributed by atoms with Crippen LogP contribution in [0.3, 0.4) is 0 Å². The van der Waals surface area contributed by atoms with Gasteiger partial charge in [-0.25, -0.2) is 9.59 Å². The molecule has 148 valence electrons. The van der Waals surface area contributed by atoms with Crippen molar-refractivity contribution >= 4 is 23.4 Å². The van der Waals surface area contributed by atoms with Crippen molar-refractivity contribution in [2.24, 2.45) is 0 Å². The van der Waals surface area contributed by atoms with E-state index < -0.39 is 28.6 Å². The van der Waals surface area contributed by atoms with E-state index in [0.717, 1.165) is 5.56 Å². The van der Waals surface area contributed by atoms with Crippen LogP contribution in [0.4, 0.5) is 16.2 Å². The second-order valence-electron chi connectivity index (χ2n) is 7.18. The topological polar surface area (TPSA) is 111 Å². The van der Waals surface area contributed by atoms with Crippen LogP contribution >= 0.6 is 0 Å². The van der Waals surface area contributed by atoms with E-state index >= 15 is 0 Å². The molecule has 0 radical (unpaired) electrons. The van der Waals surface area contributed by atoms with Crippen molar-refractivity contribution < 1.29 is 19.2 Å². The molecule has 2 amide bonds. The Hall–Kier alpha value is -3.42. The average molecular weight is 385 g/mol. The third-order valence-corrected chi connectivity index (χ3v) is 3.62. The Morgan fingerprint density at radius 1 is 1.07 bits per heavy atom. The van der Waals surface area contributed by atoms with Crippen LogP contribution < -0.4 is 10.6 Å². The summed E-state index contributed by atoms with van der Waals surface area (Å²) in [5.41, 5.74) is 0.462. The number of nitrogens with one attached hydrogen (secondary N) is 2. The summed E-state index contributed by atoms with van der Waals surface area (Å²) in [6.45, 7) is 5.25. The monoisotopic (exact) mass is 385 g/mol. The molecule has 8 heteroatoms. The number of anilines is 1. The summed E-state index contributed by atoms with van der Waals surface area (Å²) in [6, 6.07) is 13.2. The molecule has 8 nitrogen and oxygen atoms in total. The minimum atomic E-state index is -0.889. The van der Waals surface area contributed by atoms with Crippen molar-refractivity contribution in [3.8, 4) is 0 Å². The standard InChI is InChI=1S/C20H23N3O5/c1-20(2,3)28-18(24)17(13-14-7-5-4-6-8-14)22-19(25)21-15-9-11-16(12-10-15)23(26)27/h4-12,17H,13H2,1-3H3,(H2,21,22,25)/t17-/m0/s1. The van der Waals surface area contributed by atoms with Gasteiger partial charge in [-0.05, 0) is 38.5 Å². The van der Waals surface area contributed by atoms with Gasteiger partial charge >= 0.3 is 12.0 Å². The van der Waals surface area contributed by atoms with Crippen molar-refractivity contribution in [2.75, 3.05) is 5.32 Å². The van der Waals surface area contributed by atoms with Crippen molar-refractivity contribution in [1.82, 2.24) is 5.32 Å². The number of nitro groups is 1. The lowest BCUT2D eigenvalue weighted by Gasteiger charge is -2.24. The van der Waals surface area contributed by atoms with Crippen LogP contribution in [0.2, 0.25) is 0 Å². The summed E-state index contributed by atoms with van der Waals surface area (Å²) in [5.74, 6) is -0.546. The van der Waals surface area contributed by atoms with Gasteiger partial charge in [-0.1, -0.05) is 30.3 Å². The van der Waals surface area contributed by atoms with Crippen molar-refractivity contribution in [1.29, 1.82) is 0 Å². The first-order valence-electron chi connectivity index (χ1n) is 8.73. The highest BCUT2D eigenvalue weighted by atomic mass is 16.6. The lowest BCUT2D eigenvalue weighted by molar-refractivity contribution is -0.384. The molecule has 2 aromatic carbocycles. The highest BCUT2D eigenvalue weighted by Gasteiger charge is 2.27. The number of nitrogens with zero attached hydrogens (tertiary/aromatic N) is 1. The van der Waals surface area contributed by atoms with Gasteiger partial charge in [-0.15, -0.1) is 0 Å². The Bertz CT molecular complexity index is 829. The molecule has 1 atom stereocenters. The number of ether oxygens (including phenoxy) is 1. The van der Waals surface area contributed by atoms with E-state index in [-0.39, 0.29) is 12.1 Å². The largest absolute Gasteiger partial charge is 0.458 e. The van der Waals surface area contributed by atoms with Gasteiger partial charge in [0.15, 0.2) is 0 Å². The molecule has 0 bridgehead atoms. The van der Waals surface area contributed by atoms with Crippen LogP contribution in [0.25, 0.3) is 0 Å². The molecule has 0 aliphatic rings. The molecule has 0 aliphatic heterocycles. The van der Waals surface area contributed by atoms with Gasteiger partial charge in [0.1, 0.15) is 11.6 Å². The van der Waals surface area contributed by atoms with Gasteiger partial charge in [0, 0.05) is 24.2 Å². The van der Waals surface area contributed by atoms with Gasteiger partial charge in [0.25, 0.3) is 5.69 Å². The molecule has 28 heavy (non-hydrogen) atoms. The van der Waals surface area contributed by atoms with Crippen LogP contribution in [0.15, 0.2) is 54.6 Å². The lowest BCUT2D eigenvalue weighted by Crippen LogP contribution is -2.47. The van der Waals surface area contributed by atoms with Crippen molar-refractivity contribution in [2.45, 2.75) is 38.8 Å². The first-order valence-corrected chi connectivity index (χ1v) is 8.73. The normalized spacial score (nSPS) is 12.0. The van der Waals surface area contributed by atoms with E-state index in [1.807, 2.05) is 30.3 Å². The fraction of sp³-hybridized carbons (Fsp3) is 0.300. The highest BCUT2D eigenvalue weighted by Crippen LogP contribution is 2.16. The highest BCUT2D eigenvalue weighted by molar-refractivity contribution is 5.92. The molecule has 0 aliphatic carbocycles. The molecule has 0 spiro atoms. The SMILES string of the molecule is CC(C)(C)OC(=O)[C@H](Cc1ccccc1)NC(=O)Nc1ccc([N+](=O)[O-])cc1. The molecular weight excluding hydrogens is 362 g/mol. The Morgan fingerprint density at radius 2 is 1.68 bits per heavy atom. The summed E-state index contributed by atoms with van der Waals surface area (Å²) in [6.07, 6.45) is 0.267. The Balaban J connectivity index is 2.08. The smallest absolute Gasteiger partial charge is 0.329 e. The van der Waals surface area contributed by atoms with E-state index in [4.69, 9.17) is 4.74 Å². The summed E-state index contributed by atoms with van der Waals surface area (Å²) < 4.78 is 5.41. The summed E-state index contributed by atoms with van der Waals surface area (Å²) in [5, 5.41) is 15.9. The predicted molar refractivity (Wildman–Crippen MR) is 105 cm³/mol. The van der Waals surface area contributed by atoms with E-state index in [0.29, 0.717) is 5.69 Å². The van der Waals surface area contributed by atoms with Gasteiger partial charge in [-0.2, -0.15) is 0 Å². The fourth-order valence-corrected chi connectivity index (χ4v) is 2.41. The number of benzene rings is 2. The zero-order chi connectivity index (χ0) is 20.7. The van der Waals surface area contributed by atoms with E-state index in [1.165, 1.54) is 24.3 Å². The van der Waals surface area contributed by atoms with Crippen LogP contribution in [-0.2, 0) is 16.0 Å². The quantitative estimate of drug-likeness (QED) is 0.448. The number of amides is 2. The number of esters is 1. The number of carbonyl (C=O) groups is 2. The molecule has 0 heterocycles. The van der Waals surface area contributed by atoms with Gasteiger partial charge < -0.3 is 15.4 Å². The Labute approximate surface area is 163 Å². The van der Waals surface area contributed by atoms with Crippen molar-refractivity contribution in [3.05, 3.63) is 70.3 Å². The summed E-state index contributed by atoms with van der Waals surface area (Å²) >= 11 is 0. The maximum atomic E-state index is 12.5. The number of hydrogen-bond acceptors (Lipinski definition) is 5. The maximum Gasteiger partial charge on any atom is 0.329 e. The minimum Gasteiger partial charge on any atom is -0.458 e. The molecule has 0 fully saturated rings. The van der Waals surface area contributed by atoms with Crippen LogP contribution in [0.5, 0.6) is 0 Å². The molecule has 2 N–H and O–H groups in total. The second-order valence-corrected chi connectivity index (χ2v) is 7.18. The lowest BCUT2D eigenvalue weighted by atomic mass is 10.1. The van der Waals surface area contributed by atoms with Crippen molar-refractivity contribution in [3.63, 3.8) is 0 Å². The van der Waals surface area contributed by atoms with Crippen LogP contribution in [0, 0.1) is 10.1 Å². The third-order valence-electron chi connectivity index (χ3n) is 3.62. The zero-order valence-electron chi connectivity index (χ0n) is 16.0. The molecule has 0 saturated carbocycles. The first kappa shape index (κ1) is 20.9. The number of rotatable bonds is 6. The van der Waals surface area contributed by atoms with Gasteiger partial charge in [0.05, 0.1) is 4.92 Å². The summed E-state index contributed by atoms with van der Waals surface area (Å²) in [7, 11) is 0. The van der Waals surface area contributed by atoms with Crippen LogP contribution in [0.1, 0.15) is 26.3 Å². The number of hydrogen-bond donors (Lipinski definition) is 2. The Kier molecular flexibility index (Phi) is 6.70. The number of carbonyl (C=O) groups excluding carboxylic acids is 2. The average Bonchev–Trinajstić information content (AvgIpc) is 2.61. The molecule has 0 unspecified atom stereocenters.